The molecule has 2 atom stereocenters. The Bertz CT molecular complexity index is 1170. The summed E-state index contributed by atoms with van der Waals surface area (Å²) in [4.78, 5) is 28.9. The Balaban J connectivity index is 1.63. The quantitative estimate of drug-likeness (QED) is 0.396. The van der Waals surface area contributed by atoms with E-state index in [9.17, 15) is 9.59 Å². The molecule has 0 radical (unpaired) electrons. The minimum atomic E-state index is -0.690. The number of imide groups is 1. The fraction of sp³-hybridized carbons (Fsp3) is 0.200. The Morgan fingerprint density at radius 1 is 0.828 bits per heavy atom. The molecule has 1 saturated heterocycles. The van der Waals surface area contributed by atoms with Crippen molar-refractivity contribution in [2.75, 3.05) is 4.90 Å². The molecular weight excluding hydrogens is 426 g/mol. The number of benzene rings is 3. The molecule has 0 saturated carbocycles. The van der Waals surface area contributed by atoms with E-state index >= 15 is 0 Å². The molecule has 1 aliphatic heterocycles. The van der Waals surface area contributed by atoms with Crippen molar-refractivity contribution in [3.8, 4) is 0 Å². The summed E-state index contributed by atoms with van der Waals surface area (Å²) in [5.74, 6) is -1.16. The Hall–Kier alpha value is -2.72. The first kappa shape index (κ1) is 17.2. The van der Waals surface area contributed by atoms with E-state index in [2.05, 4.69) is 40.2 Å². The number of halogens is 1. The van der Waals surface area contributed by atoms with E-state index < -0.39 is 16.2 Å². The molecular formula is C25H18BrNO2. The number of hydrogen-bond acceptors (Lipinski definition) is 2. The van der Waals surface area contributed by atoms with Gasteiger partial charge in [0.2, 0.25) is 11.8 Å². The lowest BCUT2D eigenvalue weighted by atomic mass is 9.55. The summed E-state index contributed by atoms with van der Waals surface area (Å²) < 4.78 is -0.690. The molecule has 0 unspecified atom stereocenters. The molecule has 2 amide bonds. The molecule has 1 heterocycles. The van der Waals surface area contributed by atoms with Crippen LogP contribution in [0.2, 0.25) is 0 Å². The third-order valence-electron chi connectivity index (χ3n) is 6.77. The second kappa shape index (κ2) is 5.67. The van der Waals surface area contributed by atoms with Crippen LogP contribution in [0.4, 0.5) is 5.69 Å². The summed E-state index contributed by atoms with van der Waals surface area (Å²) in [6.45, 7) is 1.98. The van der Waals surface area contributed by atoms with Gasteiger partial charge >= 0.3 is 0 Å². The monoisotopic (exact) mass is 443 g/mol. The lowest BCUT2D eigenvalue weighted by molar-refractivity contribution is -0.122. The van der Waals surface area contributed by atoms with Gasteiger partial charge in [0.05, 0.1) is 21.8 Å². The van der Waals surface area contributed by atoms with E-state index in [0.717, 1.165) is 27.8 Å². The first-order valence-electron chi connectivity index (χ1n) is 9.85. The zero-order valence-electron chi connectivity index (χ0n) is 15.8. The Morgan fingerprint density at radius 2 is 1.45 bits per heavy atom. The highest BCUT2D eigenvalue weighted by Crippen LogP contribution is 2.66. The maximum absolute atomic E-state index is 13.8. The summed E-state index contributed by atoms with van der Waals surface area (Å²) in [6, 6.07) is 24.1. The van der Waals surface area contributed by atoms with Crippen LogP contribution >= 0.6 is 15.9 Å². The van der Waals surface area contributed by atoms with Crippen LogP contribution in [0, 0.1) is 18.8 Å². The van der Waals surface area contributed by atoms with Crippen molar-refractivity contribution in [3.63, 3.8) is 0 Å². The van der Waals surface area contributed by atoms with Gasteiger partial charge in [-0.2, -0.15) is 0 Å². The standard InChI is InChI=1S/C25H18BrNO2/c1-14-7-6-8-15(13-14)27-23(28)21-20-16-9-2-4-11-18(16)25(26,22(21)24(27)29)19-12-5-3-10-17(19)20/h2-13,20-22H,1H3/t20?,21-,22-,25?/m0/s1. The number of anilines is 1. The van der Waals surface area contributed by atoms with E-state index in [-0.39, 0.29) is 17.7 Å². The predicted octanol–water partition coefficient (Wildman–Crippen LogP) is 4.90. The van der Waals surface area contributed by atoms with Crippen LogP contribution in [0.15, 0.2) is 72.8 Å². The van der Waals surface area contributed by atoms with E-state index in [1.165, 1.54) is 4.90 Å². The lowest BCUT2D eigenvalue weighted by Gasteiger charge is -2.51. The van der Waals surface area contributed by atoms with Crippen molar-refractivity contribution in [1.82, 2.24) is 0 Å². The lowest BCUT2D eigenvalue weighted by Crippen LogP contribution is -2.50. The molecule has 0 aromatic heterocycles. The molecule has 0 N–H and O–H groups in total. The first-order valence-corrected chi connectivity index (χ1v) is 10.6. The van der Waals surface area contributed by atoms with E-state index in [4.69, 9.17) is 0 Å². The van der Waals surface area contributed by atoms with E-state index in [1.807, 2.05) is 55.5 Å². The molecule has 1 fully saturated rings. The normalized spacial score (nSPS) is 28.9. The van der Waals surface area contributed by atoms with Gasteiger partial charge in [0.15, 0.2) is 0 Å². The van der Waals surface area contributed by atoms with Gasteiger partial charge in [0.25, 0.3) is 0 Å². The average molecular weight is 444 g/mol. The maximum atomic E-state index is 13.8. The van der Waals surface area contributed by atoms with Gasteiger partial charge in [0.1, 0.15) is 0 Å². The molecule has 4 heteroatoms. The average Bonchev–Trinajstić information content (AvgIpc) is 3.00. The van der Waals surface area contributed by atoms with Gasteiger partial charge in [-0.3, -0.25) is 9.59 Å². The third kappa shape index (κ3) is 1.98. The van der Waals surface area contributed by atoms with Gasteiger partial charge in [-0.05, 0) is 46.9 Å². The van der Waals surface area contributed by atoms with Crippen molar-refractivity contribution in [1.29, 1.82) is 0 Å². The SMILES string of the molecule is Cc1cccc(N2C(=O)[C@@H]3[C@@H](C2=O)C2c4ccccc4C3(Br)c3ccccc32)c1. The van der Waals surface area contributed by atoms with Gasteiger partial charge in [0, 0.05) is 5.92 Å². The van der Waals surface area contributed by atoms with Gasteiger partial charge in [-0.1, -0.05) is 76.6 Å². The number of rotatable bonds is 1. The fourth-order valence-electron chi connectivity index (χ4n) is 5.70. The Kier molecular flexibility index (Phi) is 3.35. The molecule has 7 rings (SSSR count). The van der Waals surface area contributed by atoms with Crippen molar-refractivity contribution in [2.24, 2.45) is 11.8 Å². The smallest absolute Gasteiger partial charge is 0.239 e. The zero-order chi connectivity index (χ0) is 19.9. The number of alkyl halides is 1. The van der Waals surface area contributed by atoms with Crippen LogP contribution < -0.4 is 4.90 Å². The van der Waals surface area contributed by atoms with E-state index in [1.54, 1.807) is 0 Å². The number of hydrogen-bond donors (Lipinski definition) is 0. The highest BCUT2D eigenvalue weighted by Gasteiger charge is 2.67. The van der Waals surface area contributed by atoms with Crippen molar-refractivity contribution in [2.45, 2.75) is 17.2 Å². The topological polar surface area (TPSA) is 37.4 Å². The highest BCUT2D eigenvalue weighted by molar-refractivity contribution is 9.09. The molecule has 0 spiro atoms. The maximum Gasteiger partial charge on any atom is 0.239 e. The molecule has 29 heavy (non-hydrogen) atoms. The summed E-state index contributed by atoms with van der Waals surface area (Å²) in [7, 11) is 0. The highest BCUT2D eigenvalue weighted by atomic mass is 79.9. The minimum absolute atomic E-state index is 0.0940. The summed E-state index contributed by atoms with van der Waals surface area (Å²) in [6.07, 6.45) is 0. The summed E-state index contributed by atoms with van der Waals surface area (Å²) in [5, 5.41) is 0. The largest absolute Gasteiger partial charge is 0.274 e. The Morgan fingerprint density at radius 3 is 2.07 bits per heavy atom. The molecule has 2 bridgehead atoms. The number of carbonyl (C=O) groups is 2. The molecule has 4 aliphatic rings. The predicted molar refractivity (Wildman–Crippen MR) is 115 cm³/mol. The molecule has 3 aliphatic carbocycles. The van der Waals surface area contributed by atoms with Gasteiger partial charge < -0.3 is 0 Å². The van der Waals surface area contributed by atoms with Crippen LogP contribution in [0.5, 0.6) is 0 Å². The first-order chi connectivity index (χ1) is 14.0. The van der Waals surface area contributed by atoms with Crippen molar-refractivity contribution < 1.29 is 9.59 Å². The van der Waals surface area contributed by atoms with Crippen LogP contribution in [-0.4, -0.2) is 11.8 Å². The molecule has 3 aromatic carbocycles. The van der Waals surface area contributed by atoms with Crippen LogP contribution in [0.3, 0.4) is 0 Å². The van der Waals surface area contributed by atoms with Crippen LogP contribution in [-0.2, 0) is 13.9 Å². The molecule has 3 nitrogen and oxygen atoms in total. The second-order valence-corrected chi connectivity index (χ2v) is 9.47. The number of amides is 2. The van der Waals surface area contributed by atoms with Crippen molar-refractivity contribution in [3.05, 3.63) is 101 Å². The summed E-state index contributed by atoms with van der Waals surface area (Å²) >= 11 is 4.02. The van der Waals surface area contributed by atoms with Gasteiger partial charge in [-0.25, -0.2) is 4.90 Å². The number of aryl methyl sites for hydroxylation is 1. The summed E-state index contributed by atoms with van der Waals surface area (Å²) in [5.41, 5.74) is 6.21. The number of carbonyl (C=O) groups excluding carboxylic acids is 2. The van der Waals surface area contributed by atoms with Crippen LogP contribution in [0.1, 0.15) is 33.7 Å². The van der Waals surface area contributed by atoms with E-state index in [0.29, 0.717) is 5.69 Å². The van der Waals surface area contributed by atoms with Crippen LogP contribution in [0.25, 0.3) is 0 Å². The van der Waals surface area contributed by atoms with Crippen molar-refractivity contribution >= 4 is 33.4 Å². The third-order valence-corrected chi connectivity index (χ3v) is 8.12. The number of nitrogens with zero attached hydrogens (tertiary/aromatic N) is 1. The zero-order valence-corrected chi connectivity index (χ0v) is 17.4. The molecule has 142 valence electrons. The molecule has 3 aromatic rings. The Labute approximate surface area is 177 Å². The fourth-order valence-corrected chi connectivity index (χ4v) is 6.90. The minimum Gasteiger partial charge on any atom is -0.274 e. The van der Waals surface area contributed by atoms with Gasteiger partial charge in [-0.15, -0.1) is 0 Å². The second-order valence-electron chi connectivity index (χ2n) is 8.22.